The molecule has 0 bridgehead atoms. The minimum atomic E-state index is -0.337. The van der Waals surface area contributed by atoms with Gasteiger partial charge in [0.15, 0.2) is 5.58 Å². The molecule has 1 unspecified atom stereocenters. The molecule has 1 aliphatic heterocycles. The highest BCUT2D eigenvalue weighted by Crippen LogP contribution is 2.30. The summed E-state index contributed by atoms with van der Waals surface area (Å²) in [6.07, 6.45) is 4.85. The zero-order valence-corrected chi connectivity index (χ0v) is 14.5. The monoisotopic (exact) mass is 338 g/mol. The molecule has 4 heteroatoms. The molecule has 1 fully saturated rings. The largest absolute Gasteiger partial charge is 0.507 e. The number of phenolic OH excluding ortho intramolecular Hbond substituents is 1. The van der Waals surface area contributed by atoms with Gasteiger partial charge in [-0.25, -0.2) is 4.79 Å². The van der Waals surface area contributed by atoms with Gasteiger partial charge in [0.25, 0.3) is 0 Å². The van der Waals surface area contributed by atoms with Crippen LogP contribution in [0, 0.1) is 0 Å². The summed E-state index contributed by atoms with van der Waals surface area (Å²) in [5, 5.41) is 12.9. The minimum absolute atomic E-state index is 0.221. The number of likely N-dealkylation sites (tertiary alicyclic amines) is 1. The van der Waals surface area contributed by atoms with Crippen molar-refractivity contribution in [3.05, 3.63) is 52.4 Å². The second-order valence-electron chi connectivity index (χ2n) is 7.06. The zero-order valence-electron chi connectivity index (χ0n) is 14.5. The van der Waals surface area contributed by atoms with Crippen LogP contribution < -0.4 is 10.5 Å². The fourth-order valence-corrected chi connectivity index (χ4v) is 4.26. The number of phenols is 1. The number of nitrogens with one attached hydrogen (secondary N) is 1. The van der Waals surface area contributed by atoms with Crippen molar-refractivity contribution in [1.29, 1.82) is 0 Å². The summed E-state index contributed by atoms with van der Waals surface area (Å²) >= 11 is 0. The van der Waals surface area contributed by atoms with E-state index in [4.69, 9.17) is 4.42 Å². The number of piperidine rings is 1. The topological polar surface area (TPSA) is 54.9 Å². The maximum Gasteiger partial charge on any atom is 0.344 e. The molecule has 1 aromatic heterocycles. The van der Waals surface area contributed by atoms with E-state index >= 15 is 0 Å². The summed E-state index contributed by atoms with van der Waals surface area (Å²) in [4.78, 5) is 13.9. The predicted octanol–water partition coefficient (Wildman–Crippen LogP) is 3.00. The quantitative estimate of drug-likeness (QED) is 0.570. The fourth-order valence-electron chi connectivity index (χ4n) is 4.26. The molecule has 1 aliphatic rings. The summed E-state index contributed by atoms with van der Waals surface area (Å²) < 4.78 is 5.67. The summed E-state index contributed by atoms with van der Waals surface area (Å²) in [5.74, 6) is 0.221. The van der Waals surface area contributed by atoms with E-state index in [0.29, 0.717) is 23.6 Å². The summed E-state index contributed by atoms with van der Waals surface area (Å²) in [6.45, 7) is 4.03. The first-order valence-electron chi connectivity index (χ1n) is 9.20. The smallest absolute Gasteiger partial charge is 0.344 e. The molecule has 130 valence electrons. The van der Waals surface area contributed by atoms with E-state index in [1.54, 1.807) is 12.1 Å². The van der Waals surface area contributed by atoms with Crippen molar-refractivity contribution in [1.82, 2.24) is 0 Å². The van der Waals surface area contributed by atoms with E-state index in [0.717, 1.165) is 29.3 Å². The average Bonchev–Trinajstić information content (AvgIpc) is 2.65. The predicted molar refractivity (Wildman–Crippen MR) is 99.1 cm³/mol. The fraction of sp³-hybridized carbons (Fsp3) is 0.381. The minimum Gasteiger partial charge on any atom is -0.507 e. The van der Waals surface area contributed by atoms with Gasteiger partial charge in [0.1, 0.15) is 12.3 Å². The molecule has 4 nitrogen and oxygen atoms in total. The van der Waals surface area contributed by atoms with Crippen LogP contribution in [0.4, 0.5) is 0 Å². The molecule has 0 spiro atoms. The van der Waals surface area contributed by atoms with Crippen molar-refractivity contribution in [2.75, 3.05) is 6.54 Å². The number of rotatable bonds is 3. The van der Waals surface area contributed by atoms with E-state index in [1.165, 1.54) is 24.2 Å². The summed E-state index contributed by atoms with van der Waals surface area (Å²) in [5.41, 5.74) is 0.961. The molecule has 1 saturated heterocycles. The first-order valence-corrected chi connectivity index (χ1v) is 9.20. The van der Waals surface area contributed by atoms with Crippen molar-refractivity contribution >= 4 is 21.7 Å². The van der Waals surface area contributed by atoms with Gasteiger partial charge in [0.2, 0.25) is 0 Å². The van der Waals surface area contributed by atoms with Crippen molar-refractivity contribution in [2.24, 2.45) is 0 Å². The molecule has 0 radical (unpaired) electrons. The Labute approximate surface area is 146 Å². The van der Waals surface area contributed by atoms with Gasteiger partial charge < -0.3 is 14.4 Å². The standard InChI is InChI=1S/C21H23NO3/c1-2-14-7-5-6-12-22(14)13-18-19(23)11-10-16-15-8-3-4-9-17(15)21(24)25-20(16)18/h3-4,8-11,14,23H,2,5-7,12-13H2,1H3/p+1/t14-/m0/s1. The maximum atomic E-state index is 12.4. The van der Waals surface area contributed by atoms with Crippen molar-refractivity contribution < 1.29 is 14.4 Å². The highest BCUT2D eigenvalue weighted by Gasteiger charge is 2.27. The van der Waals surface area contributed by atoms with Crippen LogP contribution in [0.3, 0.4) is 0 Å². The van der Waals surface area contributed by atoms with Crippen molar-refractivity contribution in [3.63, 3.8) is 0 Å². The molecule has 3 aromatic rings. The van der Waals surface area contributed by atoms with E-state index < -0.39 is 0 Å². The van der Waals surface area contributed by atoms with Gasteiger partial charge in [-0.1, -0.05) is 25.1 Å². The van der Waals surface area contributed by atoms with Gasteiger partial charge in [0, 0.05) is 5.39 Å². The molecular formula is C21H24NO3+. The van der Waals surface area contributed by atoms with Crippen molar-refractivity contribution in [3.8, 4) is 5.75 Å². The highest BCUT2D eigenvalue weighted by molar-refractivity contribution is 6.05. The SMILES string of the molecule is CC[C@H]1CCCC[NH+]1Cc1c(O)ccc2c1oc(=O)c1ccccc12. The lowest BCUT2D eigenvalue weighted by Gasteiger charge is -2.32. The number of fused-ring (bicyclic) bond motifs is 3. The number of quaternary nitrogens is 1. The van der Waals surface area contributed by atoms with Crippen LogP contribution in [0.5, 0.6) is 5.75 Å². The number of benzene rings is 2. The molecule has 2 aromatic carbocycles. The van der Waals surface area contributed by atoms with Crippen molar-refractivity contribution in [2.45, 2.75) is 45.2 Å². The third-order valence-electron chi connectivity index (χ3n) is 5.64. The molecule has 2 heterocycles. The Bertz CT molecular complexity index is 976. The lowest BCUT2D eigenvalue weighted by molar-refractivity contribution is -0.944. The maximum absolute atomic E-state index is 12.4. The first-order chi connectivity index (χ1) is 12.2. The second kappa shape index (κ2) is 6.52. The van der Waals surface area contributed by atoms with Gasteiger partial charge in [-0.2, -0.15) is 0 Å². The molecule has 4 rings (SSSR count). The molecule has 2 atom stereocenters. The Morgan fingerprint density at radius 3 is 2.72 bits per heavy atom. The average molecular weight is 338 g/mol. The van der Waals surface area contributed by atoms with Gasteiger partial charge >= 0.3 is 5.63 Å². The van der Waals surface area contributed by atoms with Crippen LogP contribution in [-0.2, 0) is 6.54 Å². The Balaban J connectivity index is 1.88. The van der Waals surface area contributed by atoms with Crippen LogP contribution in [0.15, 0.2) is 45.6 Å². The Kier molecular flexibility index (Phi) is 4.22. The van der Waals surface area contributed by atoms with Gasteiger partial charge in [-0.05, 0) is 49.3 Å². The Morgan fingerprint density at radius 1 is 1.12 bits per heavy atom. The van der Waals surface area contributed by atoms with E-state index in [1.807, 2.05) is 24.3 Å². The third-order valence-corrected chi connectivity index (χ3v) is 5.64. The highest BCUT2D eigenvalue weighted by atomic mass is 16.4. The van der Waals surface area contributed by atoms with Crippen LogP contribution in [0.25, 0.3) is 21.7 Å². The normalized spacial score (nSPS) is 21.0. The van der Waals surface area contributed by atoms with E-state index in [9.17, 15) is 9.90 Å². The lowest BCUT2D eigenvalue weighted by atomic mass is 9.98. The summed E-state index contributed by atoms with van der Waals surface area (Å²) in [7, 11) is 0. The molecule has 0 amide bonds. The lowest BCUT2D eigenvalue weighted by Crippen LogP contribution is -3.15. The zero-order chi connectivity index (χ0) is 17.4. The van der Waals surface area contributed by atoms with Crippen LogP contribution in [0.2, 0.25) is 0 Å². The van der Waals surface area contributed by atoms with E-state index in [2.05, 4.69) is 6.92 Å². The van der Waals surface area contributed by atoms with Crippen LogP contribution in [0.1, 0.15) is 38.2 Å². The number of hydrogen-bond donors (Lipinski definition) is 2. The summed E-state index contributed by atoms with van der Waals surface area (Å²) in [6, 6.07) is 11.7. The molecular weight excluding hydrogens is 314 g/mol. The number of hydrogen-bond acceptors (Lipinski definition) is 3. The molecule has 2 N–H and O–H groups in total. The molecule has 0 saturated carbocycles. The molecule has 0 aliphatic carbocycles. The van der Waals surface area contributed by atoms with E-state index in [-0.39, 0.29) is 11.4 Å². The molecule has 25 heavy (non-hydrogen) atoms. The third kappa shape index (κ3) is 2.81. The number of aromatic hydroxyl groups is 1. The van der Waals surface area contributed by atoms with Gasteiger partial charge in [-0.3, -0.25) is 0 Å². The first kappa shape index (κ1) is 16.2. The van der Waals surface area contributed by atoms with Gasteiger partial charge in [0.05, 0.1) is 23.5 Å². The Hall–Kier alpha value is -2.33. The van der Waals surface area contributed by atoms with Crippen LogP contribution in [-0.4, -0.2) is 17.7 Å². The second-order valence-corrected chi connectivity index (χ2v) is 7.06. The Morgan fingerprint density at radius 2 is 1.92 bits per heavy atom. The van der Waals surface area contributed by atoms with Gasteiger partial charge in [-0.15, -0.1) is 0 Å². The van der Waals surface area contributed by atoms with Crippen LogP contribution >= 0.6 is 0 Å².